The molecule has 0 radical (unpaired) electrons. The van der Waals surface area contributed by atoms with Crippen LogP contribution in [0.25, 0.3) is 0 Å². The normalized spacial score (nSPS) is 14.5. The molecule has 0 aromatic heterocycles. The van der Waals surface area contributed by atoms with Crippen LogP contribution in [-0.4, -0.2) is 96.7 Å². The lowest BCUT2D eigenvalue weighted by atomic mass is 9.99. The molecule has 0 saturated carbocycles. The summed E-state index contributed by atoms with van der Waals surface area (Å²) < 4.78 is 68.6. The van der Waals surface area contributed by atoms with Gasteiger partial charge in [0.15, 0.2) is 12.2 Å². The zero-order valence-electron chi connectivity index (χ0n) is 66.5. The van der Waals surface area contributed by atoms with E-state index < -0.39 is 97.5 Å². The minimum atomic E-state index is -4.96. The number of unbranched alkanes of at least 4 members (excludes halogenated alkanes) is 43. The van der Waals surface area contributed by atoms with Crippen LogP contribution in [-0.2, 0) is 65.4 Å². The third-order valence-electron chi connectivity index (χ3n) is 19.8. The van der Waals surface area contributed by atoms with Gasteiger partial charge in [0, 0.05) is 25.7 Å². The minimum absolute atomic E-state index is 0.104. The molecule has 0 saturated heterocycles. The number of phosphoric acid groups is 2. The zero-order valence-corrected chi connectivity index (χ0v) is 68.3. The largest absolute Gasteiger partial charge is 0.472 e. The van der Waals surface area contributed by atoms with Crippen LogP contribution in [0.1, 0.15) is 421 Å². The van der Waals surface area contributed by atoms with Crippen LogP contribution in [0.2, 0.25) is 0 Å². The topological polar surface area (TPSA) is 237 Å². The number of ether oxygens (including phenoxy) is 4. The number of esters is 4. The number of carbonyl (C=O) groups excluding carboxylic acids is 4. The van der Waals surface area contributed by atoms with Gasteiger partial charge in [-0.2, -0.15) is 0 Å². The fourth-order valence-electron chi connectivity index (χ4n) is 12.5. The van der Waals surface area contributed by atoms with E-state index in [4.69, 9.17) is 37.0 Å². The molecule has 17 nitrogen and oxygen atoms in total. The second-order valence-corrected chi connectivity index (χ2v) is 33.9. The van der Waals surface area contributed by atoms with Crippen molar-refractivity contribution in [2.45, 2.75) is 440 Å². The van der Waals surface area contributed by atoms with E-state index in [9.17, 15) is 43.2 Å². The van der Waals surface area contributed by atoms with E-state index in [-0.39, 0.29) is 25.7 Å². The van der Waals surface area contributed by atoms with Gasteiger partial charge in [-0.3, -0.25) is 37.3 Å². The van der Waals surface area contributed by atoms with Crippen molar-refractivity contribution in [3.63, 3.8) is 0 Å². The number of carbonyl (C=O) groups is 4. The van der Waals surface area contributed by atoms with Gasteiger partial charge in [-0.15, -0.1) is 0 Å². The molecule has 7 atom stereocenters. The molecule has 0 bridgehead atoms. The van der Waals surface area contributed by atoms with Crippen molar-refractivity contribution in [2.24, 2.45) is 23.7 Å². The number of hydrogen-bond acceptors (Lipinski definition) is 15. The van der Waals surface area contributed by atoms with Gasteiger partial charge in [0.05, 0.1) is 26.4 Å². The number of aliphatic hydroxyl groups excluding tert-OH is 1. The van der Waals surface area contributed by atoms with Gasteiger partial charge in [0.1, 0.15) is 19.3 Å². The Kier molecular flexibility index (Phi) is 69.6. The fourth-order valence-corrected chi connectivity index (χ4v) is 14.1. The standard InChI is InChI=1S/C82H160O17P2/c1-9-74(7)60-52-44-36-30-26-22-18-13-11-12-14-19-23-27-31-37-46-54-62-79(84)92-68-77(99-82(87)65-57-49-39-33-35-43-51-59-73(5)6)70-96-100(88,89)94-66-76(83)67-95-101(90,91)97-71-78(69-93-80(85)63-55-47-41-40-45-53-61-75(8)10-2)98-81(86)64-56-48-38-32-28-24-20-16-15-17-21-25-29-34-42-50-58-72(3)4/h72-78,83H,9-71H2,1-8H3,(H,88,89)(H,90,91)/t74?,75?,76-,77-,78-/m1/s1. The summed E-state index contributed by atoms with van der Waals surface area (Å²) in [4.78, 5) is 72.9. The SMILES string of the molecule is CCC(C)CCCCCCCCCCCCCCCCCCCCC(=O)OC[C@H](COP(=O)(O)OC[C@@H](O)COP(=O)(O)OC[C@@H](COC(=O)CCCCCCCCC(C)CC)OC(=O)CCCCCCCCCCCCCCCCCCC(C)C)OC(=O)CCCCCCCCCC(C)C. The van der Waals surface area contributed by atoms with E-state index in [1.165, 1.54) is 218 Å². The third-order valence-corrected chi connectivity index (χ3v) is 21.7. The van der Waals surface area contributed by atoms with E-state index >= 15 is 0 Å². The lowest BCUT2D eigenvalue weighted by Crippen LogP contribution is -2.30. The van der Waals surface area contributed by atoms with Crippen molar-refractivity contribution in [3.05, 3.63) is 0 Å². The number of phosphoric ester groups is 2. The molecular weight excluding hydrogens is 1320 g/mol. The molecule has 0 aliphatic rings. The maximum Gasteiger partial charge on any atom is 0.472 e. The highest BCUT2D eigenvalue weighted by atomic mass is 31.2. The Morgan fingerprint density at radius 2 is 0.475 bits per heavy atom. The Morgan fingerprint density at radius 1 is 0.277 bits per heavy atom. The van der Waals surface area contributed by atoms with Crippen molar-refractivity contribution in [1.82, 2.24) is 0 Å². The first-order chi connectivity index (χ1) is 48.7. The van der Waals surface area contributed by atoms with E-state index in [0.29, 0.717) is 31.6 Å². The quantitative estimate of drug-likeness (QED) is 0.0222. The second-order valence-electron chi connectivity index (χ2n) is 31.0. The predicted octanol–water partition coefficient (Wildman–Crippen LogP) is 24.4. The number of aliphatic hydroxyl groups is 1. The van der Waals surface area contributed by atoms with Gasteiger partial charge in [0.25, 0.3) is 0 Å². The van der Waals surface area contributed by atoms with E-state index in [1.807, 2.05) is 0 Å². The number of hydrogen-bond donors (Lipinski definition) is 3. The molecule has 101 heavy (non-hydrogen) atoms. The summed E-state index contributed by atoms with van der Waals surface area (Å²) in [7, 11) is -9.92. The second kappa shape index (κ2) is 71.0. The summed E-state index contributed by atoms with van der Waals surface area (Å²) in [5, 5.41) is 10.6. The van der Waals surface area contributed by atoms with Crippen molar-refractivity contribution < 1.29 is 80.2 Å². The summed E-state index contributed by atoms with van der Waals surface area (Å²) in [6, 6.07) is 0. The first-order valence-electron chi connectivity index (χ1n) is 42.3. The Hall–Kier alpha value is -1.94. The Bertz CT molecular complexity index is 1980. The Balaban J connectivity index is 5.12. The summed E-state index contributed by atoms with van der Waals surface area (Å²) in [6.07, 6.45) is 58.6. The molecule has 0 fully saturated rings. The van der Waals surface area contributed by atoms with Crippen LogP contribution < -0.4 is 0 Å². The van der Waals surface area contributed by atoms with Crippen molar-refractivity contribution in [3.8, 4) is 0 Å². The van der Waals surface area contributed by atoms with E-state index in [1.54, 1.807) is 0 Å². The van der Waals surface area contributed by atoms with Crippen LogP contribution >= 0.6 is 15.6 Å². The maximum absolute atomic E-state index is 13.1. The minimum Gasteiger partial charge on any atom is -0.462 e. The lowest BCUT2D eigenvalue weighted by Gasteiger charge is -2.21. The first kappa shape index (κ1) is 99.1. The summed E-state index contributed by atoms with van der Waals surface area (Å²) in [5.74, 6) is 0.991. The third kappa shape index (κ3) is 73.4. The van der Waals surface area contributed by atoms with Crippen LogP contribution in [0.5, 0.6) is 0 Å². The molecule has 0 amide bonds. The smallest absolute Gasteiger partial charge is 0.462 e. The summed E-state index contributed by atoms with van der Waals surface area (Å²) in [6.45, 7) is 14.2. The van der Waals surface area contributed by atoms with Gasteiger partial charge in [-0.25, -0.2) is 9.13 Å². The highest BCUT2D eigenvalue weighted by molar-refractivity contribution is 7.47. The molecule has 0 spiro atoms. The summed E-state index contributed by atoms with van der Waals surface area (Å²) in [5.41, 5.74) is 0. The molecule has 0 heterocycles. The van der Waals surface area contributed by atoms with Crippen LogP contribution in [0, 0.1) is 23.7 Å². The molecule has 600 valence electrons. The monoisotopic (exact) mass is 1480 g/mol. The molecule has 4 unspecified atom stereocenters. The number of rotatable bonds is 79. The summed E-state index contributed by atoms with van der Waals surface area (Å²) >= 11 is 0. The molecule has 0 aliphatic carbocycles. The molecular formula is C82H160O17P2. The van der Waals surface area contributed by atoms with Gasteiger partial charge in [0.2, 0.25) is 0 Å². The highest BCUT2D eigenvalue weighted by Gasteiger charge is 2.30. The van der Waals surface area contributed by atoms with Crippen molar-refractivity contribution in [1.29, 1.82) is 0 Å². The predicted molar refractivity (Wildman–Crippen MR) is 414 cm³/mol. The van der Waals surface area contributed by atoms with Gasteiger partial charge < -0.3 is 33.8 Å². The van der Waals surface area contributed by atoms with E-state index in [2.05, 4.69) is 55.4 Å². The van der Waals surface area contributed by atoms with Gasteiger partial charge in [-0.05, 0) is 49.4 Å². The molecule has 0 aromatic carbocycles. The van der Waals surface area contributed by atoms with Gasteiger partial charge in [-0.1, -0.05) is 370 Å². The Labute approximate surface area is 619 Å². The maximum atomic E-state index is 13.1. The lowest BCUT2D eigenvalue weighted by molar-refractivity contribution is -0.161. The fraction of sp³-hybridized carbons (Fsp3) is 0.951. The zero-order chi connectivity index (χ0) is 74.6. The van der Waals surface area contributed by atoms with Crippen LogP contribution in [0.4, 0.5) is 0 Å². The van der Waals surface area contributed by atoms with Gasteiger partial charge >= 0.3 is 39.5 Å². The van der Waals surface area contributed by atoms with Crippen LogP contribution in [0.3, 0.4) is 0 Å². The average molecular weight is 1480 g/mol. The molecule has 0 aliphatic heterocycles. The molecule has 0 rings (SSSR count). The first-order valence-corrected chi connectivity index (χ1v) is 45.3. The molecule has 19 heteroatoms. The van der Waals surface area contributed by atoms with Crippen molar-refractivity contribution >= 4 is 39.5 Å². The van der Waals surface area contributed by atoms with Crippen molar-refractivity contribution in [2.75, 3.05) is 39.6 Å². The molecule has 0 aromatic rings. The molecule has 3 N–H and O–H groups in total. The Morgan fingerprint density at radius 3 is 0.703 bits per heavy atom. The van der Waals surface area contributed by atoms with E-state index in [0.717, 1.165) is 114 Å². The average Bonchev–Trinajstić information content (AvgIpc) is 0.929. The van der Waals surface area contributed by atoms with Crippen LogP contribution in [0.15, 0.2) is 0 Å². The highest BCUT2D eigenvalue weighted by Crippen LogP contribution is 2.45.